The van der Waals surface area contributed by atoms with Crippen LogP contribution < -0.4 is 11.1 Å². The molecule has 0 spiro atoms. The van der Waals surface area contributed by atoms with Gasteiger partial charge in [-0.05, 0) is 64.8 Å². The van der Waals surface area contributed by atoms with Crippen LogP contribution in [0, 0.1) is 0 Å². The van der Waals surface area contributed by atoms with Crippen LogP contribution in [0.25, 0.3) is 0 Å². The topological polar surface area (TPSA) is 64.3 Å². The first-order valence-electron chi connectivity index (χ1n) is 4.93. The van der Waals surface area contributed by atoms with Crippen molar-refractivity contribution in [2.75, 3.05) is 11.1 Å². The number of carbonyl (C=O) groups excluding carboxylic acids is 1. The molecular formula is C11H14Br2N2O2. The highest BCUT2D eigenvalue weighted by atomic mass is 79.9. The van der Waals surface area contributed by atoms with Gasteiger partial charge in [-0.2, -0.15) is 0 Å². The van der Waals surface area contributed by atoms with E-state index in [2.05, 4.69) is 37.2 Å². The van der Waals surface area contributed by atoms with Crippen molar-refractivity contribution >= 4 is 49.3 Å². The summed E-state index contributed by atoms with van der Waals surface area (Å²) in [5.74, 6) is 0. The quantitative estimate of drug-likeness (QED) is 0.735. The molecule has 0 bridgehead atoms. The first-order chi connectivity index (χ1) is 7.69. The second-order valence-corrected chi connectivity index (χ2v) is 6.20. The van der Waals surface area contributed by atoms with Gasteiger partial charge in [-0.25, -0.2) is 4.79 Å². The van der Waals surface area contributed by atoms with Gasteiger partial charge in [0.2, 0.25) is 0 Å². The summed E-state index contributed by atoms with van der Waals surface area (Å²) < 4.78 is 6.54. The van der Waals surface area contributed by atoms with Crippen LogP contribution in [0.15, 0.2) is 21.1 Å². The van der Waals surface area contributed by atoms with E-state index in [1.807, 2.05) is 0 Å². The minimum atomic E-state index is -0.531. The molecule has 1 amide bonds. The van der Waals surface area contributed by atoms with Gasteiger partial charge in [-0.1, -0.05) is 0 Å². The summed E-state index contributed by atoms with van der Waals surface area (Å²) in [6, 6.07) is 3.41. The lowest BCUT2D eigenvalue weighted by atomic mass is 10.2. The third kappa shape index (κ3) is 4.55. The number of benzene rings is 1. The molecule has 0 fully saturated rings. The molecule has 94 valence electrons. The lowest BCUT2D eigenvalue weighted by Gasteiger charge is -2.20. The monoisotopic (exact) mass is 364 g/mol. The standard InChI is InChI=1S/C11H14Br2N2O2/c1-11(2,3)17-10(16)15-9-7(12)4-6(14)5-8(9)13/h4-5H,14H2,1-3H3,(H,15,16). The van der Waals surface area contributed by atoms with Crippen molar-refractivity contribution in [1.82, 2.24) is 0 Å². The van der Waals surface area contributed by atoms with Crippen LogP contribution in [0.1, 0.15) is 20.8 Å². The van der Waals surface area contributed by atoms with Crippen LogP contribution in [0.4, 0.5) is 16.2 Å². The fourth-order valence-corrected chi connectivity index (χ4v) is 2.54. The van der Waals surface area contributed by atoms with Gasteiger partial charge >= 0.3 is 6.09 Å². The predicted octanol–water partition coefficient (Wildman–Crippen LogP) is 4.14. The molecule has 0 radical (unpaired) electrons. The summed E-state index contributed by atoms with van der Waals surface area (Å²) in [6.07, 6.45) is -0.510. The molecule has 4 nitrogen and oxygen atoms in total. The number of hydrogen-bond donors (Lipinski definition) is 2. The molecule has 3 N–H and O–H groups in total. The smallest absolute Gasteiger partial charge is 0.412 e. The largest absolute Gasteiger partial charge is 0.444 e. The van der Waals surface area contributed by atoms with Gasteiger partial charge in [0.1, 0.15) is 5.60 Å². The van der Waals surface area contributed by atoms with Crippen LogP contribution in [0.2, 0.25) is 0 Å². The van der Waals surface area contributed by atoms with Gasteiger partial charge in [0, 0.05) is 14.6 Å². The molecule has 6 heteroatoms. The Labute approximate surface area is 117 Å². The Morgan fingerprint density at radius 1 is 1.29 bits per heavy atom. The second kappa shape index (κ2) is 5.27. The van der Waals surface area contributed by atoms with Crippen molar-refractivity contribution in [1.29, 1.82) is 0 Å². The van der Waals surface area contributed by atoms with E-state index >= 15 is 0 Å². The molecule has 0 aliphatic carbocycles. The van der Waals surface area contributed by atoms with E-state index < -0.39 is 11.7 Å². The SMILES string of the molecule is CC(C)(C)OC(=O)Nc1c(Br)cc(N)cc1Br. The summed E-state index contributed by atoms with van der Waals surface area (Å²) in [6.45, 7) is 5.42. The fourth-order valence-electron chi connectivity index (χ4n) is 1.12. The number of amides is 1. The molecule has 1 rings (SSSR count). The molecule has 1 aromatic carbocycles. The highest BCUT2D eigenvalue weighted by Crippen LogP contribution is 2.33. The highest BCUT2D eigenvalue weighted by Gasteiger charge is 2.18. The van der Waals surface area contributed by atoms with Crippen LogP contribution in [0.5, 0.6) is 0 Å². The van der Waals surface area contributed by atoms with Crippen LogP contribution in [0.3, 0.4) is 0 Å². The minimum absolute atomic E-state index is 0.510. The maximum Gasteiger partial charge on any atom is 0.412 e. The number of nitrogens with one attached hydrogen (secondary N) is 1. The summed E-state index contributed by atoms with van der Waals surface area (Å²) in [5.41, 5.74) is 6.31. The molecule has 0 saturated heterocycles. The molecule has 0 aromatic heterocycles. The zero-order chi connectivity index (χ0) is 13.2. The van der Waals surface area contributed by atoms with Gasteiger partial charge in [-0.15, -0.1) is 0 Å². The van der Waals surface area contributed by atoms with Gasteiger partial charge in [0.15, 0.2) is 0 Å². The van der Waals surface area contributed by atoms with Gasteiger partial charge < -0.3 is 10.5 Å². The van der Waals surface area contributed by atoms with E-state index in [-0.39, 0.29) is 0 Å². The Hall–Kier alpha value is -0.750. The van der Waals surface area contributed by atoms with Crippen molar-refractivity contribution < 1.29 is 9.53 Å². The first kappa shape index (κ1) is 14.3. The van der Waals surface area contributed by atoms with E-state index in [4.69, 9.17) is 10.5 Å². The van der Waals surface area contributed by atoms with Crippen molar-refractivity contribution in [3.8, 4) is 0 Å². The third-order valence-electron chi connectivity index (χ3n) is 1.69. The molecular weight excluding hydrogens is 352 g/mol. The Kier molecular flexibility index (Phi) is 4.43. The summed E-state index contributed by atoms with van der Waals surface area (Å²) >= 11 is 6.65. The number of ether oxygens (including phenoxy) is 1. The summed E-state index contributed by atoms with van der Waals surface area (Å²) in [4.78, 5) is 11.6. The van der Waals surface area contributed by atoms with Crippen LogP contribution in [-0.4, -0.2) is 11.7 Å². The number of nitrogen functional groups attached to an aromatic ring is 1. The van der Waals surface area contributed by atoms with E-state index in [0.29, 0.717) is 20.3 Å². The van der Waals surface area contributed by atoms with E-state index in [1.54, 1.807) is 32.9 Å². The summed E-state index contributed by atoms with van der Waals surface area (Å²) in [7, 11) is 0. The average Bonchev–Trinajstić information content (AvgIpc) is 2.08. The minimum Gasteiger partial charge on any atom is -0.444 e. The van der Waals surface area contributed by atoms with Crippen molar-refractivity contribution in [2.45, 2.75) is 26.4 Å². The summed E-state index contributed by atoms with van der Waals surface area (Å²) in [5, 5.41) is 2.65. The third-order valence-corrected chi connectivity index (χ3v) is 2.94. The normalized spacial score (nSPS) is 11.1. The Morgan fingerprint density at radius 2 is 1.76 bits per heavy atom. The fraction of sp³-hybridized carbons (Fsp3) is 0.364. The number of halogens is 2. The highest BCUT2D eigenvalue weighted by molar-refractivity contribution is 9.11. The average molecular weight is 366 g/mol. The maximum atomic E-state index is 11.6. The lowest BCUT2D eigenvalue weighted by Crippen LogP contribution is -2.27. The van der Waals surface area contributed by atoms with Gasteiger partial charge in [0.05, 0.1) is 5.69 Å². The van der Waals surface area contributed by atoms with Crippen LogP contribution >= 0.6 is 31.9 Å². The Morgan fingerprint density at radius 3 is 2.18 bits per heavy atom. The Balaban J connectivity index is 2.86. The van der Waals surface area contributed by atoms with Gasteiger partial charge in [-0.3, -0.25) is 5.32 Å². The van der Waals surface area contributed by atoms with Crippen molar-refractivity contribution in [2.24, 2.45) is 0 Å². The maximum absolute atomic E-state index is 11.6. The zero-order valence-corrected chi connectivity index (χ0v) is 13.0. The number of hydrogen-bond acceptors (Lipinski definition) is 3. The Bertz CT molecular complexity index is 419. The van der Waals surface area contributed by atoms with E-state index in [0.717, 1.165) is 0 Å². The number of rotatable bonds is 1. The molecule has 1 aromatic rings. The van der Waals surface area contributed by atoms with Crippen molar-refractivity contribution in [3.63, 3.8) is 0 Å². The second-order valence-electron chi connectivity index (χ2n) is 4.49. The zero-order valence-electron chi connectivity index (χ0n) is 9.80. The molecule has 0 aliphatic heterocycles. The lowest BCUT2D eigenvalue weighted by molar-refractivity contribution is 0.0635. The first-order valence-corrected chi connectivity index (χ1v) is 6.52. The van der Waals surface area contributed by atoms with Crippen molar-refractivity contribution in [3.05, 3.63) is 21.1 Å². The molecule has 0 saturated carbocycles. The predicted molar refractivity (Wildman–Crippen MR) is 76.1 cm³/mol. The molecule has 0 unspecified atom stereocenters. The molecule has 0 atom stereocenters. The number of anilines is 2. The molecule has 0 aliphatic rings. The van der Waals surface area contributed by atoms with Gasteiger partial charge in [0.25, 0.3) is 0 Å². The number of nitrogens with two attached hydrogens (primary N) is 1. The number of carbonyl (C=O) groups is 1. The molecule has 17 heavy (non-hydrogen) atoms. The molecule has 0 heterocycles. The van der Waals surface area contributed by atoms with E-state index in [1.165, 1.54) is 0 Å². The van der Waals surface area contributed by atoms with E-state index in [9.17, 15) is 4.79 Å². The van der Waals surface area contributed by atoms with Crippen LogP contribution in [-0.2, 0) is 4.74 Å².